The van der Waals surface area contributed by atoms with Gasteiger partial charge in [0.15, 0.2) is 5.05 Å². The summed E-state index contributed by atoms with van der Waals surface area (Å²) < 4.78 is 8.65. The lowest BCUT2D eigenvalue weighted by molar-refractivity contribution is 0.566. The molecular formula is C15H28N2OSSi3. The quantitative estimate of drug-likeness (QED) is 0.563. The van der Waals surface area contributed by atoms with Gasteiger partial charge >= 0.3 is 0 Å². The first-order chi connectivity index (χ1) is 9.92. The molecule has 0 radical (unpaired) electrons. The normalized spacial score (nSPS) is 20.0. The summed E-state index contributed by atoms with van der Waals surface area (Å²) >= 11 is 5.39. The second-order valence-electron chi connectivity index (χ2n) is 8.36. The maximum Gasteiger partial charge on any atom is 0.243 e. The van der Waals surface area contributed by atoms with Crippen molar-refractivity contribution in [2.75, 3.05) is 4.23 Å². The Kier molecular flexibility index (Phi) is 4.74. The Morgan fingerprint density at radius 1 is 1.14 bits per heavy atom. The number of thiocarbonyl (C=S) groups is 1. The molecule has 7 heteroatoms. The van der Waals surface area contributed by atoms with E-state index in [1.807, 2.05) is 12.3 Å². The summed E-state index contributed by atoms with van der Waals surface area (Å²) in [5, 5.41) is 0.542. The van der Waals surface area contributed by atoms with Crippen molar-refractivity contribution in [2.24, 2.45) is 0 Å². The summed E-state index contributed by atoms with van der Waals surface area (Å²) in [6, 6.07) is 7.01. The Labute approximate surface area is 143 Å². The lowest BCUT2D eigenvalue weighted by Crippen LogP contribution is -2.55. The molecule has 3 nitrogen and oxygen atoms in total. The van der Waals surface area contributed by atoms with Gasteiger partial charge in [0.05, 0.1) is 0 Å². The number of aromatic nitrogens is 1. The fourth-order valence-electron chi connectivity index (χ4n) is 3.32. The zero-order chi connectivity index (χ0) is 16.8. The first kappa shape index (κ1) is 17.8. The van der Waals surface area contributed by atoms with E-state index in [9.17, 15) is 0 Å². The van der Waals surface area contributed by atoms with Crippen LogP contribution in [-0.2, 0) is 4.43 Å². The van der Waals surface area contributed by atoms with Crippen LogP contribution in [0.4, 0.5) is 5.69 Å². The van der Waals surface area contributed by atoms with Gasteiger partial charge in [-0.3, -0.25) is 0 Å². The molecule has 1 fully saturated rings. The molecule has 1 aromatic rings. The van der Waals surface area contributed by atoms with Crippen LogP contribution in [0.5, 0.6) is 0 Å². The molecule has 0 amide bonds. The van der Waals surface area contributed by atoms with E-state index in [0.717, 1.165) is 5.69 Å². The zero-order valence-electron chi connectivity index (χ0n) is 14.9. The molecule has 0 aliphatic carbocycles. The second-order valence-corrected chi connectivity index (χ2v) is 22.8. The molecule has 0 bridgehead atoms. The molecule has 0 spiro atoms. The Balaban J connectivity index is 2.24. The van der Waals surface area contributed by atoms with Crippen LogP contribution in [0, 0.1) is 0 Å². The molecule has 0 unspecified atom stereocenters. The molecule has 1 aromatic heterocycles. The molecule has 2 heterocycles. The van der Waals surface area contributed by atoms with Gasteiger partial charge in [0, 0.05) is 11.9 Å². The van der Waals surface area contributed by atoms with Crippen LogP contribution >= 0.6 is 12.2 Å². The summed E-state index contributed by atoms with van der Waals surface area (Å²) in [7, 11) is -4.33. The largest absolute Gasteiger partial charge is 0.535 e. The number of rotatable bonds is 3. The highest BCUT2D eigenvalue weighted by Crippen LogP contribution is 2.40. The fraction of sp³-hybridized carbons (Fsp3) is 0.600. The fourth-order valence-corrected chi connectivity index (χ4v) is 19.1. The topological polar surface area (TPSA) is 25.4 Å². The number of pyridine rings is 1. The van der Waals surface area contributed by atoms with Crippen molar-refractivity contribution in [3.63, 3.8) is 0 Å². The van der Waals surface area contributed by atoms with E-state index in [-0.39, 0.29) is 0 Å². The van der Waals surface area contributed by atoms with Crippen LogP contribution in [0.25, 0.3) is 0 Å². The van der Waals surface area contributed by atoms with E-state index in [4.69, 9.17) is 16.6 Å². The summed E-state index contributed by atoms with van der Waals surface area (Å²) in [6.45, 7) is 16.3. The van der Waals surface area contributed by atoms with Gasteiger partial charge in [-0.15, -0.1) is 0 Å². The van der Waals surface area contributed by atoms with Gasteiger partial charge in [-0.1, -0.05) is 26.2 Å². The van der Waals surface area contributed by atoms with Crippen molar-refractivity contribution in [2.45, 2.75) is 57.9 Å². The molecule has 0 aromatic carbocycles. The maximum atomic E-state index is 5.88. The highest BCUT2D eigenvalue weighted by Gasteiger charge is 2.47. The van der Waals surface area contributed by atoms with Crippen molar-refractivity contribution in [1.82, 2.24) is 4.98 Å². The lowest BCUT2D eigenvalue weighted by Gasteiger charge is -2.41. The predicted molar refractivity (Wildman–Crippen MR) is 107 cm³/mol. The Morgan fingerprint density at radius 2 is 1.68 bits per heavy atom. The van der Waals surface area contributed by atoms with Crippen LogP contribution in [0.3, 0.4) is 0 Å². The maximum absolute atomic E-state index is 5.88. The van der Waals surface area contributed by atoms with E-state index in [1.165, 1.54) is 17.8 Å². The average molecular weight is 369 g/mol. The molecule has 0 saturated carbocycles. The molecule has 22 heavy (non-hydrogen) atoms. The minimum Gasteiger partial charge on any atom is -0.535 e. The third-order valence-electron chi connectivity index (χ3n) is 4.17. The van der Waals surface area contributed by atoms with Crippen LogP contribution in [0.1, 0.15) is 5.69 Å². The smallest absolute Gasteiger partial charge is 0.243 e. The lowest BCUT2D eigenvalue weighted by atomic mass is 10.3. The highest BCUT2D eigenvalue weighted by atomic mass is 32.1. The first-order valence-electron chi connectivity index (χ1n) is 7.92. The van der Waals surface area contributed by atoms with Gasteiger partial charge in [0.2, 0.25) is 8.32 Å². The van der Waals surface area contributed by atoms with E-state index < -0.39 is 24.8 Å². The molecule has 0 N–H and O–H groups in total. The van der Waals surface area contributed by atoms with Crippen molar-refractivity contribution in [1.29, 1.82) is 0 Å². The second kappa shape index (κ2) is 5.85. The summed E-state index contributed by atoms with van der Waals surface area (Å²) in [5.74, 6) is 0. The summed E-state index contributed by atoms with van der Waals surface area (Å²) in [5.41, 5.74) is 2.07. The minimum absolute atomic E-state index is 0.542. The Hall–Kier alpha value is -0.509. The van der Waals surface area contributed by atoms with Gasteiger partial charge in [0.25, 0.3) is 0 Å². The standard InChI is InChI=1S/C15H28N2OSSi3/c1-20(2,3)18-15(19)14-9-8-13(12-16-14)17-21(4,5)10-11-22(17,6)7/h8-9,12H,10-11H2,1-7H3. The van der Waals surface area contributed by atoms with Crippen molar-refractivity contribution in [3.8, 4) is 0 Å². The number of anilines is 1. The Bertz CT molecular complexity index is 551. The molecule has 1 aliphatic rings. The summed E-state index contributed by atoms with van der Waals surface area (Å²) in [6.07, 6.45) is 2.00. The van der Waals surface area contributed by atoms with Gasteiger partial charge in [0.1, 0.15) is 22.2 Å². The number of nitrogens with zero attached hydrogens (tertiary/aromatic N) is 2. The molecule has 122 valence electrons. The van der Waals surface area contributed by atoms with Gasteiger partial charge in [-0.2, -0.15) is 0 Å². The van der Waals surface area contributed by atoms with E-state index in [2.05, 4.69) is 61.1 Å². The van der Waals surface area contributed by atoms with Crippen molar-refractivity contribution in [3.05, 3.63) is 24.0 Å². The molecular weight excluding hydrogens is 341 g/mol. The van der Waals surface area contributed by atoms with Crippen LogP contribution in [0.15, 0.2) is 18.3 Å². The molecule has 1 aliphatic heterocycles. The van der Waals surface area contributed by atoms with E-state index >= 15 is 0 Å². The van der Waals surface area contributed by atoms with Crippen molar-refractivity contribution >= 4 is 47.7 Å². The van der Waals surface area contributed by atoms with Crippen LogP contribution in [0.2, 0.25) is 57.9 Å². The molecule has 0 atom stereocenters. The molecule has 1 saturated heterocycles. The average Bonchev–Trinajstić information content (AvgIpc) is 2.57. The highest BCUT2D eigenvalue weighted by molar-refractivity contribution is 7.80. The van der Waals surface area contributed by atoms with Crippen molar-refractivity contribution < 1.29 is 4.43 Å². The molecule has 2 rings (SSSR count). The van der Waals surface area contributed by atoms with E-state index in [1.54, 1.807) is 0 Å². The van der Waals surface area contributed by atoms with Gasteiger partial charge in [-0.05, 0) is 56.1 Å². The SMILES string of the molecule is C[Si](C)(C)OC(=S)c1ccc(N2[Si](C)(C)CC[Si]2(C)C)cn1. The monoisotopic (exact) mass is 368 g/mol. The zero-order valence-corrected chi connectivity index (χ0v) is 18.7. The first-order valence-corrected chi connectivity index (χ1v) is 18.0. The summed E-state index contributed by atoms with van der Waals surface area (Å²) in [4.78, 5) is 4.60. The van der Waals surface area contributed by atoms with Crippen LogP contribution in [-0.4, -0.2) is 34.8 Å². The third kappa shape index (κ3) is 3.87. The Morgan fingerprint density at radius 3 is 2.09 bits per heavy atom. The third-order valence-corrected chi connectivity index (χ3v) is 15.4. The van der Waals surface area contributed by atoms with Crippen LogP contribution < -0.4 is 4.23 Å². The predicted octanol–water partition coefficient (Wildman–Crippen LogP) is 4.84. The van der Waals surface area contributed by atoms with Gasteiger partial charge < -0.3 is 8.66 Å². The number of hydrogen-bond acceptors (Lipinski definition) is 4. The van der Waals surface area contributed by atoms with E-state index in [0.29, 0.717) is 5.05 Å². The number of hydrogen-bond donors (Lipinski definition) is 0. The minimum atomic E-state index is -1.67. The van der Waals surface area contributed by atoms with Gasteiger partial charge in [-0.25, -0.2) is 4.98 Å².